The van der Waals surface area contributed by atoms with Gasteiger partial charge in [-0.15, -0.1) is 0 Å². The molecule has 7 aromatic carbocycles. The van der Waals surface area contributed by atoms with Crippen molar-refractivity contribution >= 4 is 82.8 Å². The van der Waals surface area contributed by atoms with Crippen LogP contribution >= 0.6 is 0 Å². The molecule has 0 atom stereocenters. The third-order valence-corrected chi connectivity index (χ3v) is 8.64. The van der Waals surface area contributed by atoms with E-state index in [4.69, 9.17) is 18.2 Å². The van der Waals surface area contributed by atoms with E-state index >= 15 is 0 Å². The first kappa shape index (κ1) is 23.5. The molecule has 5 nitrogen and oxygen atoms in total. The summed E-state index contributed by atoms with van der Waals surface area (Å²) in [6.45, 7) is 0. The highest BCUT2D eigenvalue weighted by Gasteiger charge is 2.22. The van der Waals surface area contributed by atoms with E-state index < -0.39 is 0 Å². The highest BCUT2D eigenvalue weighted by molar-refractivity contribution is 6.31. The van der Waals surface area contributed by atoms with Crippen LogP contribution in [0.15, 0.2) is 147 Å². The molecule has 0 saturated carbocycles. The molecule has 0 fully saturated rings. The van der Waals surface area contributed by atoms with Gasteiger partial charge in [0.15, 0.2) is 5.58 Å². The van der Waals surface area contributed by atoms with Gasteiger partial charge in [-0.1, -0.05) is 66.7 Å². The number of benzene rings is 7. The first-order chi connectivity index (χ1) is 21.8. The van der Waals surface area contributed by atoms with Gasteiger partial charge in [0, 0.05) is 61.0 Å². The summed E-state index contributed by atoms with van der Waals surface area (Å²) in [5.41, 5.74) is 8.98. The van der Waals surface area contributed by atoms with Crippen LogP contribution in [0.3, 0.4) is 0 Å². The van der Waals surface area contributed by atoms with Crippen molar-refractivity contribution in [2.75, 3.05) is 4.90 Å². The molecule has 0 aliphatic rings. The molecule has 0 N–H and O–H groups in total. The Kier molecular flexibility index (Phi) is 4.66. The third-order valence-electron chi connectivity index (χ3n) is 8.64. The van der Waals surface area contributed by atoms with Gasteiger partial charge in [-0.3, -0.25) is 0 Å². The Bertz CT molecular complexity index is 2600. The molecule has 44 heavy (non-hydrogen) atoms. The van der Waals surface area contributed by atoms with E-state index in [1.165, 1.54) is 0 Å². The van der Waals surface area contributed by atoms with Crippen molar-refractivity contribution in [2.24, 2.45) is 0 Å². The molecule has 206 valence electrons. The molecule has 0 unspecified atom stereocenters. The number of nitrogens with zero attached hydrogens (tertiary/aromatic N) is 2. The van der Waals surface area contributed by atoms with Crippen molar-refractivity contribution in [1.29, 1.82) is 0 Å². The maximum Gasteiger partial charge on any atom is 0.227 e. The molecular weight excluding hydrogens is 544 g/mol. The number of hydrogen-bond donors (Lipinski definition) is 0. The van der Waals surface area contributed by atoms with Gasteiger partial charge < -0.3 is 18.2 Å². The quantitative estimate of drug-likeness (QED) is 0.198. The topological polar surface area (TPSA) is 55.6 Å². The van der Waals surface area contributed by atoms with Gasteiger partial charge in [-0.05, 0) is 60.7 Å². The summed E-state index contributed by atoms with van der Waals surface area (Å²) in [5.74, 6) is 0.577. The summed E-state index contributed by atoms with van der Waals surface area (Å²) >= 11 is 0. The van der Waals surface area contributed by atoms with Gasteiger partial charge in [-0.25, -0.2) is 4.98 Å². The average molecular weight is 567 g/mol. The molecule has 0 spiro atoms. The summed E-state index contributed by atoms with van der Waals surface area (Å²) in [5, 5.41) is 6.43. The maximum atomic E-state index is 6.59. The van der Waals surface area contributed by atoms with E-state index in [9.17, 15) is 0 Å². The first-order valence-corrected chi connectivity index (χ1v) is 14.6. The van der Waals surface area contributed by atoms with E-state index in [1.807, 2.05) is 48.5 Å². The van der Waals surface area contributed by atoms with Crippen molar-refractivity contribution in [2.45, 2.75) is 0 Å². The van der Waals surface area contributed by atoms with E-state index in [2.05, 4.69) is 89.8 Å². The first-order valence-electron chi connectivity index (χ1n) is 14.6. The van der Waals surface area contributed by atoms with Gasteiger partial charge in [0.1, 0.15) is 27.8 Å². The number of furan rings is 2. The lowest BCUT2D eigenvalue weighted by molar-refractivity contribution is 0.623. The molecule has 5 heteroatoms. The molecule has 0 aliphatic heterocycles. The lowest BCUT2D eigenvalue weighted by Crippen LogP contribution is -2.09. The van der Waals surface area contributed by atoms with Gasteiger partial charge in [0.05, 0.1) is 0 Å². The van der Waals surface area contributed by atoms with E-state index in [0.29, 0.717) is 5.89 Å². The Morgan fingerprint density at radius 2 is 1.07 bits per heavy atom. The van der Waals surface area contributed by atoms with Crippen molar-refractivity contribution in [3.05, 3.63) is 133 Å². The lowest BCUT2D eigenvalue weighted by atomic mass is 10.0. The van der Waals surface area contributed by atoms with Gasteiger partial charge in [-0.2, -0.15) is 0 Å². The highest BCUT2D eigenvalue weighted by atomic mass is 16.4. The number of hydrogen-bond acceptors (Lipinski definition) is 5. The maximum absolute atomic E-state index is 6.59. The number of oxazole rings is 1. The summed E-state index contributed by atoms with van der Waals surface area (Å²) in [6.07, 6.45) is 0. The molecule has 0 bridgehead atoms. The molecule has 10 rings (SSSR count). The Morgan fingerprint density at radius 3 is 1.95 bits per heavy atom. The van der Waals surface area contributed by atoms with Crippen LogP contribution in [0.4, 0.5) is 17.1 Å². The minimum Gasteiger partial charge on any atom is -0.456 e. The summed E-state index contributed by atoms with van der Waals surface area (Å²) in [7, 11) is 0. The van der Waals surface area contributed by atoms with E-state index in [0.717, 1.165) is 88.4 Å². The Hall–Kier alpha value is -6.07. The van der Waals surface area contributed by atoms with Crippen molar-refractivity contribution < 1.29 is 13.3 Å². The van der Waals surface area contributed by atoms with Crippen LogP contribution in [0.1, 0.15) is 0 Å². The smallest absolute Gasteiger partial charge is 0.227 e. The predicted octanol–water partition coefficient (Wildman–Crippen LogP) is 11.4. The fraction of sp³-hybridized carbons (Fsp3) is 0. The monoisotopic (exact) mass is 566 g/mol. The minimum absolute atomic E-state index is 0.577. The molecule has 0 saturated heterocycles. The van der Waals surface area contributed by atoms with E-state index in [1.54, 1.807) is 0 Å². The van der Waals surface area contributed by atoms with Gasteiger partial charge >= 0.3 is 0 Å². The Balaban J connectivity index is 1.16. The summed E-state index contributed by atoms with van der Waals surface area (Å²) < 4.78 is 19.0. The molecule has 10 aromatic rings. The van der Waals surface area contributed by atoms with Crippen molar-refractivity contribution in [3.8, 4) is 11.5 Å². The molecule has 3 heterocycles. The molecule has 0 radical (unpaired) electrons. The van der Waals surface area contributed by atoms with Crippen molar-refractivity contribution in [3.63, 3.8) is 0 Å². The lowest BCUT2D eigenvalue weighted by Gasteiger charge is -2.25. The summed E-state index contributed by atoms with van der Waals surface area (Å²) in [6, 6.07) is 45.5. The van der Waals surface area contributed by atoms with Gasteiger partial charge in [0.2, 0.25) is 5.89 Å². The second kappa shape index (κ2) is 8.72. The molecule has 3 aromatic heterocycles. The SMILES string of the molecule is c1ccc(N(c2cccc(-c3nc4c5cccc6oc7cccc(c4o3)c7c65)c2)c2ccc3c(c2)oc2ccccc23)cc1. The van der Waals surface area contributed by atoms with Crippen LogP contribution in [-0.4, -0.2) is 4.98 Å². The molecule has 0 amide bonds. The minimum atomic E-state index is 0.577. The van der Waals surface area contributed by atoms with E-state index in [-0.39, 0.29) is 0 Å². The van der Waals surface area contributed by atoms with Gasteiger partial charge in [0.25, 0.3) is 0 Å². The second-order valence-electron chi connectivity index (χ2n) is 11.2. The summed E-state index contributed by atoms with van der Waals surface area (Å²) in [4.78, 5) is 7.31. The second-order valence-corrected chi connectivity index (χ2v) is 11.2. The zero-order chi connectivity index (χ0) is 28.8. The fourth-order valence-electron chi connectivity index (χ4n) is 6.72. The van der Waals surface area contributed by atoms with Crippen molar-refractivity contribution in [1.82, 2.24) is 4.98 Å². The zero-order valence-corrected chi connectivity index (χ0v) is 23.3. The largest absolute Gasteiger partial charge is 0.456 e. The standard InChI is InChI=1S/C39H22N2O3/c1-2-10-24(11-3-1)41(26-19-20-28-27-13-4-5-16-31(27)42-34(28)22-26)25-12-6-9-23(21-25)39-40-37-29-14-7-17-32-35(29)36-30(38(37)44-39)15-8-18-33(36)43-32/h1-22H. The Morgan fingerprint density at radius 1 is 0.432 bits per heavy atom. The van der Waals surface area contributed by atoms with Crippen LogP contribution in [0, 0.1) is 0 Å². The van der Waals surface area contributed by atoms with Crippen LogP contribution in [0.2, 0.25) is 0 Å². The highest BCUT2D eigenvalue weighted by Crippen LogP contribution is 2.44. The van der Waals surface area contributed by atoms with Crippen LogP contribution in [0.25, 0.3) is 77.2 Å². The van der Waals surface area contributed by atoms with Crippen LogP contribution in [-0.2, 0) is 0 Å². The number of aromatic nitrogens is 1. The number of rotatable bonds is 4. The fourth-order valence-corrected chi connectivity index (χ4v) is 6.72. The normalized spacial score (nSPS) is 12.1. The molecule has 0 aliphatic carbocycles. The number of para-hydroxylation sites is 2. The van der Waals surface area contributed by atoms with Crippen LogP contribution in [0.5, 0.6) is 0 Å². The molecular formula is C39H22N2O3. The average Bonchev–Trinajstić information content (AvgIpc) is 3.79. The predicted molar refractivity (Wildman–Crippen MR) is 177 cm³/mol. The third kappa shape index (κ3) is 3.26. The number of anilines is 3. The van der Waals surface area contributed by atoms with Crippen LogP contribution < -0.4 is 4.90 Å². The zero-order valence-electron chi connectivity index (χ0n) is 23.3. The Labute approximate surface area is 250 Å². The number of fused-ring (bicyclic) bond motifs is 6.